The second-order valence-corrected chi connectivity index (χ2v) is 6.33. The quantitative estimate of drug-likeness (QED) is 0.798. The molecule has 2 saturated heterocycles. The number of aliphatic carboxylic acids is 1. The molecule has 0 aliphatic carbocycles. The molecule has 2 aliphatic heterocycles. The number of hydrogen-bond acceptors (Lipinski definition) is 4. The molecule has 3 atom stereocenters. The molecule has 2 amide bonds. The van der Waals surface area contributed by atoms with Crippen LogP contribution in [0, 0.1) is 0 Å². The maximum atomic E-state index is 12.1. The topological polar surface area (TPSA) is 78.9 Å². The maximum absolute atomic E-state index is 12.1. The first kappa shape index (κ1) is 14.5. The summed E-state index contributed by atoms with van der Waals surface area (Å²) >= 11 is 1.86. The van der Waals surface area contributed by atoms with Crippen LogP contribution >= 0.6 is 11.8 Å². The Morgan fingerprint density at radius 1 is 1.53 bits per heavy atom. The Bertz CT molecular complexity index is 347. The first-order chi connectivity index (χ1) is 9.11. The first-order valence-electron chi connectivity index (χ1n) is 6.53. The average molecular weight is 288 g/mol. The molecule has 19 heavy (non-hydrogen) atoms. The van der Waals surface area contributed by atoms with E-state index in [1.54, 1.807) is 7.11 Å². The molecule has 0 spiro atoms. The number of thioether (sulfide) groups is 1. The number of hydrogen-bond donors (Lipinski definition) is 2. The third kappa shape index (κ3) is 3.54. The van der Waals surface area contributed by atoms with Gasteiger partial charge in [-0.15, -0.1) is 0 Å². The Hall–Kier alpha value is -0.950. The maximum Gasteiger partial charge on any atom is 0.326 e. The normalized spacial score (nSPS) is 30.6. The number of carboxylic acid groups (broad SMARTS) is 1. The summed E-state index contributed by atoms with van der Waals surface area (Å²) in [6, 6.07) is -1.07. The van der Waals surface area contributed by atoms with E-state index in [1.165, 1.54) is 11.3 Å². The summed E-state index contributed by atoms with van der Waals surface area (Å²) < 4.78 is 5.16. The molecule has 7 heteroatoms. The van der Waals surface area contributed by atoms with E-state index in [9.17, 15) is 9.59 Å². The van der Waals surface area contributed by atoms with Gasteiger partial charge in [0.1, 0.15) is 6.04 Å². The van der Waals surface area contributed by atoms with Crippen molar-refractivity contribution in [3.05, 3.63) is 0 Å². The molecule has 0 aromatic heterocycles. The third-order valence-electron chi connectivity index (χ3n) is 3.65. The van der Waals surface area contributed by atoms with E-state index in [4.69, 9.17) is 9.84 Å². The highest BCUT2D eigenvalue weighted by molar-refractivity contribution is 8.00. The van der Waals surface area contributed by atoms with Gasteiger partial charge < -0.3 is 20.1 Å². The van der Waals surface area contributed by atoms with Crippen molar-refractivity contribution in [1.82, 2.24) is 10.2 Å². The second kappa shape index (κ2) is 6.47. The Kier molecular flexibility index (Phi) is 4.93. The van der Waals surface area contributed by atoms with E-state index in [1.807, 2.05) is 11.8 Å². The fraction of sp³-hybridized carbons (Fsp3) is 0.833. The Morgan fingerprint density at radius 2 is 2.32 bits per heavy atom. The van der Waals surface area contributed by atoms with Crippen LogP contribution in [-0.2, 0) is 9.53 Å². The molecule has 0 aromatic carbocycles. The van der Waals surface area contributed by atoms with E-state index < -0.39 is 12.0 Å². The van der Waals surface area contributed by atoms with Gasteiger partial charge in [0.25, 0.3) is 0 Å². The van der Waals surface area contributed by atoms with Crippen molar-refractivity contribution in [2.45, 2.75) is 36.7 Å². The number of carboxylic acids is 1. The van der Waals surface area contributed by atoms with Crippen LogP contribution in [0.5, 0.6) is 0 Å². The lowest BCUT2D eigenvalue weighted by Crippen LogP contribution is -2.47. The molecule has 2 N–H and O–H groups in total. The van der Waals surface area contributed by atoms with Crippen LogP contribution < -0.4 is 5.32 Å². The highest BCUT2D eigenvalue weighted by Crippen LogP contribution is 2.25. The Morgan fingerprint density at radius 3 is 2.89 bits per heavy atom. The number of amides is 2. The van der Waals surface area contributed by atoms with Gasteiger partial charge >= 0.3 is 12.0 Å². The summed E-state index contributed by atoms with van der Waals surface area (Å²) in [5.41, 5.74) is 0. The molecule has 3 unspecified atom stereocenters. The summed E-state index contributed by atoms with van der Waals surface area (Å²) in [5, 5.41) is 12.5. The number of methoxy groups -OCH3 is 1. The van der Waals surface area contributed by atoms with E-state index in [0.717, 1.165) is 12.2 Å². The molecular weight excluding hydrogens is 268 g/mol. The molecule has 0 aromatic rings. The van der Waals surface area contributed by atoms with Crippen molar-refractivity contribution in [2.24, 2.45) is 0 Å². The van der Waals surface area contributed by atoms with Crippen molar-refractivity contribution < 1.29 is 19.4 Å². The number of ether oxygens (including phenoxy) is 1. The van der Waals surface area contributed by atoms with Crippen molar-refractivity contribution in [2.75, 3.05) is 26.0 Å². The van der Waals surface area contributed by atoms with Crippen LogP contribution in [0.3, 0.4) is 0 Å². The van der Waals surface area contributed by atoms with Gasteiger partial charge in [0, 0.05) is 31.9 Å². The van der Waals surface area contributed by atoms with E-state index in [0.29, 0.717) is 24.8 Å². The molecular formula is C12H20N2O4S. The second-order valence-electron chi connectivity index (χ2n) is 4.92. The number of rotatable bonds is 4. The fourth-order valence-corrected chi connectivity index (χ4v) is 3.74. The van der Waals surface area contributed by atoms with Crippen LogP contribution in [-0.4, -0.2) is 65.4 Å². The SMILES string of the molecule is COC1CC(C(=O)O)N(C(=O)NCC2CCCS2)C1. The molecule has 2 fully saturated rings. The zero-order valence-corrected chi connectivity index (χ0v) is 11.8. The third-order valence-corrected chi connectivity index (χ3v) is 5.05. The van der Waals surface area contributed by atoms with Crippen LogP contribution in [0.15, 0.2) is 0 Å². The predicted octanol–water partition coefficient (Wildman–Crippen LogP) is 0.765. The number of carbonyl (C=O) groups excluding carboxylic acids is 1. The summed E-state index contributed by atoms with van der Waals surface area (Å²) in [6.45, 7) is 0.959. The largest absolute Gasteiger partial charge is 0.480 e. The zero-order valence-electron chi connectivity index (χ0n) is 11.0. The van der Waals surface area contributed by atoms with Crippen molar-refractivity contribution in [3.8, 4) is 0 Å². The van der Waals surface area contributed by atoms with Gasteiger partial charge in [-0.2, -0.15) is 11.8 Å². The lowest BCUT2D eigenvalue weighted by Gasteiger charge is -2.22. The predicted molar refractivity (Wildman–Crippen MR) is 72.4 cm³/mol. The van der Waals surface area contributed by atoms with E-state index in [2.05, 4.69) is 5.32 Å². The lowest BCUT2D eigenvalue weighted by molar-refractivity contribution is -0.141. The minimum atomic E-state index is -0.968. The zero-order chi connectivity index (χ0) is 13.8. The van der Waals surface area contributed by atoms with Gasteiger partial charge in [0.2, 0.25) is 0 Å². The molecule has 108 valence electrons. The Labute approximate surface area is 116 Å². The number of nitrogens with zero attached hydrogens (tertiary/aromatic N) is 1. The number of likely N-dealkylation sites (tertiary alicyclic amines) is 1. The fourth-order valence-electron chi connectivity index (χ4n) is 2.53. The highest BCUT2D eigenvalue weighted by Gasteiger charge is 2.39. The average Bonchev–Trinajstić information content (AvgIpc) is 3.04. The lowest BCUT2D eigenvalue weighted by atomic mass is 10.2. The minimum Gasteiger partial charge on any atom is -0.480 e. The number of urea groups is 1. The molecule has 2 rings (SSSR count). The van der Waals surface area contributed by atoms with E-state index >= 15 is 0 Å². The Balaban J connectivity index is 1.87. The molecule has 2 aliphatic rings. The summed E-state index contributed by atoms with van der Waals surface area (Å²) in [4.78, 5) is 24.6. The van der Waals surface area contributed by atoms with Crippen molar-refractivity contribution in [3.63, 3.8) is 0 Å². The summed E-state index contributed by atoms with van der Waals surface area (Å²) in [5.74, 6) is 0.179. The molecule has 0 saturated carbocycles. The van der Waals surface area contributed by atoms with Crippen LogP contribution in [0.1, 0.15) is 19.3 Å². The molecule has 0 bridgehead atoms. The highest BCUT2D eigenvalue weighted by atomic mass is 32.2. The van der Waals surface area contributed by atoms with Crippen molar-refractivity contribution >= 4 is 23.8 Å². The monoisotopic (exact) mass is 288 g/mol. The van der Waals surface area contributed by atoms with E-state index in [-0.39, 0.29) is 12.1 Å². The summed E-state index contributed by atoms with van der Waals surface area (Å²) in [6.07, 6.45) is 2.48. The van der Waals surface area contributed by atoms with Crippen LogP contribution in [0.4, 0.5) is 4.79 Å². The standard InChI is InChI=1S/C12H20N2O4S/c1-18-8-5-10(11(15)16)14(7-8)12(17)13-6-9-3-2-4-19-9/h8-10H,2-7H2,1H3,(H,13,17)(H,15,16). The van der Waals surface area contributed by atoms with Crippen LogP contribution in [0.2, 0.25) is 0 Å². The van der Waals surface area contributed by atoms with Crippen molar-refractivity contribution in [1.29, 1.82) is 0 Å². The summed E-state index contributed by atoms with van der Waals surface area (Å²) in [7, 11) is 1.54. The molecule has 6 nitrogen and oxygen atoms in total. The van der Waals surface area contributed by atoms with Gasteiger partial charge in [0.05, 0.1) is 6.10 Å². The number of carbonyl (C=O) groups is 2. The molecule has 0 radical (unpaired) electrons. The molecule has 2 heterocycles. The van der Waals surface area contributed by atoms with Gasteiger partial charge in [-0.1, -0.05) is 0 Å². The van der Waals surface area contributed by atoms with Gasteiger partial charge in [-0.05, 0) is 18.6 Å². The van der Waals surface area contributed by atoms with Gasteiger partial charge in [-0.3, -0.25) is 0 Å². The van der Waals surface area contributed by atoms with Gasteiger partial charge in [-0.25, -0.2) is 9.59 Å². The van der Waals surface area contributed by atoms with Crippen LogP contribution in [0.25, 0.3) is 0 Å². The smallest absolute Gasteiger partial charge is 0.326 e. The minimum absolute atomic E-state index is 0.187. The first-order valence-corrected chi connectivity index (χ1v) is 7.58. The van der Waals surface area contributed by atoms with Gasteiger partial charge in [0.15, 0.2) is 0 Å². The number of nitrogens with one attached hydrogen (secondary N) is 1.